The predicted molar refractivity (Wildman–Crippen MR) is 195 cm³/mol. The molecular weight excluding hydrogens is 789 g/mol. The molecule has 276 valence electrons. The van der Waals surface area contributed by atoms with Crippen LogP contribution < -0.4 is 0 Å². The molecule has 0 spiro atoms. The van der Waals surface area contributed by atoms with Crippen molar-refractivity contribution in [1.29, 1.82) is 0 Å². The van der Waals surface area contributed by atoms with Crippen molar-refractivity contribution in [2.75, 3.05) is 0 Å². The molecule has 6 N–H and O–H groups in total. The van der Waals surface area contributed by atoms with Gasteiger partial charge in [-0.3, -0.25) is 19.1 Å². The molecule has 2 unspecified atom stereocenters. The van der Waals surface area contributed by atoms with Crippen LogP contribution in [0, 0.1) is 0 Å². The zero-order valence-corrected chi connectivity index (χ0v) is 30.0. The molecular formula is C32H22N6O12S4. The normalized spacial score (nSPS) is 13.8. The van der Waals surface area contributed by atoms with Gasteiger partial charge in [-0.1, -0.05) is 24.3 Å². The Labute approximate surface area is 309 Å². The first kappa shape index (κ1) is 38.0. The summed E-state index contributed by atoms with van der Waals surface area (Å²) in [6, 6.07) is 15.1. The van der Waals surface area contributed by atoms with E-state index in [0.717, 1.165) is 12.1 Å². The van der Waals surface area contributed by atoms with Crippen LogP contribution in [0.15, 0.2) is 125 Å². The van der Waals surface area contributed by atoms with Crippen LogP contribution in [0.25, 0.3) is 34.0 Å². The third-order valence-corrected chi connectivity index (χ3v) is 10.8. The second-order valence-corrected chi connectivity index (χ2v) is 15.6. The first-order valence-electron chi connectivity index (χ1n) is 14.7. The maximum absolute atomic E-state index is 12.3. The van der Waals surface area contributed by atoms with Crippen LogP contribution in [0.5, 0.6) is 11.5 Å². The topological polar surface area (TPSA) is 299 Å². The van der Waals surface area contributed by atoms with Gasteiger partial charge in [0.2, 0.25) is 0 Å². The number of pyridine rings is 2. The second kappa shape index (κ2) is 15.0. The van der Waals surface area contributed by atoms with E-state index in [4.69, 9.17) is 0 Å². The molecule has 0 radical (unpaired) electrons. The van der Waals surface area contributed by atoms with Crippen LogP contribution in [0.4, 0.5) is 22.7 Å². The third kappa shape index (κ3) is 7.95. The fourth-order valence-electron chi connectivity index (χ4n) is 5.10. The van der Waals surface area contributed by atoms with Crippen molar-refractivity contribution in [3.8, 4) is 11.5 Å². The van der Waals surface area contributed by atoms with E-state index in [2.05, 4.69) is 30.4 Å². The van der Waals surface area contributed by atoms with Gasteiger partial charge in [0.05, 0.1) is 21.2 Å². The molecule has 0 aliphatic heterocycles. The van der Waals surface area contributed by atoms with Crippen molar-refractivity contribution in [2.45, 2.75) is 19.6 Å². The van der Waals surface area contributed by atoms with E-state index in [9.17, 15) is 53.7 Å². The summed E-state index contributed by atoms with van der Waals surface area (Å²) in [5.74, 6) is -1.07. The monoisotopic (exact) mass is 810 g/mol. The summed E-state index contributed by atoms with van der Waals surface area (Å²) in [7, 11) is -9.52. The molecule has 18 nitrogen and oxygen atoms in total. The summed E-state index contributed by atoms with van der Waals surface area (Å²) < 4.78 is 112. The van der Waals surface area contributed by atoms with E-state index in [-0.39, 0.29) is 65.5 Å². The molecule has 2 aromatic heterocycles. The minimum absolute atomic E-state index is 0.00211. The molecule has 0 saturated heterocycles. The Morgan fingerprint density at radius 2 is 0.963 bits per heavy atom. The maximum Gasteiger partial charge on any atom is 0.295 e. The molecule has 2 heterocycles. The van der Waals surface area contributed by atoms with Gasteiger partial charge in [-0.25, -0.2) is 8.42 Å². The molecule has 54 heavy (non-hydrogen) atoms. The molecule has 4 aromatic carbocycles. The third-order valence-electron chi connectivity index (χ3n) is 7.53. The highest BCUT2D eigenvalue weighted by Crippen LogP contribution is 2.40. The van der Waals surface area contributed by atoms with Crippen LogP contribution in [-0.2, 0) is 42.4 Å². The van der Waals surface area contributed by atoms with Crippen LogP contribution in [-0.4, -0.2) is 63.6 Å². The molecule has 0 aliphatic carbocycles. The number of aromatic hydroxyl groups is 2. The Bertz CT molecular complexity index is 2690. The number of phenolic OH excluding ortho intramolecular Hbond substituents is 2. The van der Waals surface area contributed by atoms with Gasteiger partial charge in [0.15, 0.2) is 33.7 Å². The Hall–Kier alpha value is -5.72. The van der Waals surface area contributed by atoms with Gasteiger partial charge in [-0.15, -0.1) is 10.2 Å². The van der Waals surface area contributed by atoms with Crippen molar-refractivity contribution in [3.63, 3.8) is 0 Å². The quantitative estimate of drug-likeness (QED) is 0.0357. The first-order chi connectivity index (χ1) is 25.5. The maximum atomic E-state index is 12.3. The van der Waals surface area contributed by atoms with Gasteiger partial charge in [-0.05, 0) is 71.8 Å². The number of hydrogen-bond donors (Lipinski definition) is 6. The largest absolute Gasteiger partial charge is 0.504 e. The highest BCUT2D eigenvalue weighted by molar-refractivity contribution is 7.86. The predicted octanol–water partition coefficient (Wildman–Crippen LogP) is 6.85. The van der Waals surface area contributed by atoms with Crippen molar-refractivity contribution in [3.05, 3.63) is 96.3 Å². The van der Waals surface area contributed by atoms with E-state index in [1.807, 2.05) is 0 Å². The lowest BCUT2D eigenvalue weighted by atomic mass is 10.1. The fourth-order valence-corrected chi connectivity index (χ4v) is 7.62. The van der Waals surface area contributed by atoms with E-state index < -0.39 is 63.7 Å². The lowest BCUT2D eigenvalue weighted by molar-refractivity contribution is 0.476. The van der Waals surface area contributed by atoms with Crippen molar-refractivity contribution in [2.24, 2.45) is 20.5 Å². The van der Waals surface area contributed by atoms with Gasteiger partial charge in [0.25, 0.3) is 20.2 Å². The lowest BCUT2D eigenvalue weighted by Crippen LogP contribution is -1.99. The van der Waals surface area contributed by atoms with E-state index in [1.54, 1.807) is 0 Å². The number of hydrogen-bond acceptors (Lipinski definition) is 14. The second-order valence-electron chi connectivity index (χ2n) is 10.9. The van der Waals surface area contributed by atoms with E-state index in [1.165, 1.54) is 85.2 Å². The molecule has 0 amide bonds. The van der Waals surface area contributed by atoms with Crippen molar-refractivity contribution < 1.29 is 53.7 Å². The van der Waals surface area contributed by atoms with Crippen LogP contribution in [0.2, 0.25) is 0 Å². The molecule has 0 fully saturated rings. The summed E-state index contributed by atoms with van der Waals surface area (Å²) >= 11 is -5.18. The Kier molecular flexibility index (Phi) is 10.5. The molecule has 6 aromatic rings. The van der Waals surface area contributed by atoms with Crippen LogP contribution in [0.1, 0.15) is 11.1 Å². The zero-order valence-electron chi connectivity index (χ0n) is 26.7. The summed E-state index contributed by atoms with van der Waals surface area (Å²) in [4.78, 5) is 6.39. The highest BCUT2D eigenvalue weighted by Gasteiger charge is 2.22. The Balaban J connectivity index is 1.30. The summed E-state index contributed by atoms with van der Waals surface area (Å²) in [6.07, 6.45) is 5.31. The number of benzene rings is 4. The number of azo groups is 2. The average molecular weight is 811 g/mol. The molecule has 22 heteroatoms. The zero-order chi connectivity index (χ0) is 38.9. The Morgan fingerprint density at radius 3 is 1.31 bits per heavy atom. The van der Waals surface area contributed by atoms with E-state index in [0.29, 0.717) is 0 Å². The summed E-state index contributed by atoms with van der Waals surface area (Å²) in [5.41, 5.74) is -0.727. The molecule has 2 atom stereocenters. The number of phenols is 2. The number of aromatic nitrogens is 2. The van der Waals surface area contributed by atoms with E-state index >= 15 is 0 Å². The van der Waals surface area contributed by atoms with Gasteiger partial charge in [0.1, 0.15) is 32.2 Å². The Morgan fingerprint density at radius 1 is 0.574 bits per heavy atom. The SMILES string of the molecule is O=S(O)c1cc(N=Nc2cc(S(=O)(=O)O)c3cccnc3c2O)ccc1/C=C/c1ccc(N=Nc2cc(S(=O)(=O)O)c3cccnc3c2O)cc1S(=O)O. The molecule has 6 rings (SSSR count). The molecule has 0 saturated carbocycles. The van der Waals surface area contributed by atoms with Crippen molar-refractivity contribution in [1.82, 2.24) is 9.97 Å². The molecule has 0 bridgehead atoms. The lowest BCUT2D eigenvalue weighted by Gasteiger charge is -2.08. The highest BCUT2D eigenvalue weighted by atomic mass is 32.2. The van der Waals surface area contributed by atoms with Crippen LogP contribution >= 0.6 is 0 Å². The van der Waals surface area contributed by atoms with Gasteiger partial charge in [-0.2, -0.15) is 27.1 Å². The van der Waals surface area contributed by atoms with Crippen molar-refractivity contribution >= 4 is 99.1 Å². The summed E-state index contributed by atoms with van der Waals surface area (Å²) in [5, 5.41) is 36.7. The van der Waals surface area contributed by atoms with Crippen LogP contribution in [0.3, 0.4) is 0 Å². The fraction of sp³-hybridized carbons (Fsp3) is 0. The molecule has 0 aliphatic rings. The minimum atomic E-state index is -4.76. The first-order valence-corrected chi connectivity index (χ1v) is 19.8. The van der Waals surface area contributed by atoms with Gasteiger partial charge in [0, 0.05) is 23.2 Å². The minimum Gasteiger partial charge on any atom is -0.504 e. The van der Waals surface area contributed by atoms with Gasteiger partial charge >= 0.3 is 0 Å². The van der Waals surface area contributed by atoms with Gasteiger partial charge < -0.3 is 19.3 Å². The number of fused-ring (bicyclic) bond motifs is 2. The average Bonchev–Trinajstić information content (AvgIpc) is 3.12. The smallest absolute Gasteiger partial charge is 0.295 e. The number of nitrogens with zero attached hydrogens (tertiary/aromatic N) is 6. The summed E-state index contributed by atoms with van der Waals surface area (Å²) in [6.45, 7) is 0. The standard InChI is InChI=1S/C32H22N6O12S4/c39-31-23(15-27(53(45,46)47)21-3-1-11-33-29(21)31)37-35-19-9-7-17(25(13-19)51(41)42)5-6-18-8-10-20(14-26(18)52(43)44)36-38-24-16-28(54(48,49)50)22-4-2-12-34-30(22)32(24)40/h1-16,39-40H,(H,41,42)(H,43,44)(H,45,46,47)(H,48,49,50)/b6-5+,37-35?,38-36?. The number of rotatable bonds is 10.